The third-order valence-electron chi connectivity index (χ3n) is 4.71. The first-order valence-electron chi connectivity index (χ1n) is 9.35. The molecule has 29 heavy (non-hydrogen) atoms. The molecule has 1 heterocycles. The van der Waals surface area contributed by atoms with Gasteiger partial charge in [0.05, 0.1) is 26.4 Å². The molecular formula is C23H25NO5. The maximum Gasteiger partial charge on any atom is 0.287 e. The molecule has 3 rings (SSSR count). The predicted octanol–water partition coefficient (Wildman–Crippen LogP) is 3.74. The van der Waals surface area contributed by atoms with E-state index in [0.29, 0.717) is 23.7 Å². The fourth-order valence-electron chi connectivity index (χ4n) is 3.10. The van der Waals surface area contributed by atoms with Crippen molar-refractivity contribution >= 4 is 5.91 Å². The van der Waals surface area contributed by atoms with Crippen LogP contribution >= 0.6 is 0 Å². The maximum absolute atomic E-state index is 12.5. The summed E-state index contributed by atoms with van der Waals surface area (Å²) >= 11 is 0. The van der Waals surface area contributed by atoms with Gasteiger partial charge in [0, 0.05) is 12.0 Å². The zero-order chi connectivity index (χ0) is 20.8. The maximum atomic E-state index is 12.5. The van der Waals surface area contributed by atoms with Crippen LogP contribution in [-0.4, -0.2) is 31.3 Å². The summed E-state index contributed by atoms with van der Waals surface area (Å²) in [6.07, 6.45) is -0.355. The van der Waals surface area contributed by atoms with Gasteiger partial charge in [0.15, 0.2) is 5.76 Å². The number of aliphatic hydroxyl groups excluding tert-OH is 1. The van der Waals surface area contributed by atoms with Crippen molar-refractivity contribution in [2.75, 3.05) is 14.2 Å². The monoisotopic (exact) mass is 395 g/mol. The average molecular weight is 395 g/mol. The lowest BCUT2D eigenvalue weighted by Crippen LogP contribution is -2.36. The molecule has 2 N–H and O–H groups in total. The van der Waals surface area contributed by atoms with Gasteiger partial charge < -0.3 is 24.3 Å². The summed E-state index contributed by atoms with van der Waals surface area (Å²) in [5.41, 5.74) is 1.63. The molecule has 6 heteroatoms. The second kappa shape index (κ2) is 9.30. The number of carbonyl (C=O) groups is 1. The summed E-state index contributed by atoms with van der Waals surface area (Å²) < 4.78 is 16.4. The first kappa shape index (κ1) is 20.5. The fraction of sp³-hybridized carbons (Fsp3) is 0.261. The smallest absolute Gasteiger partial charge is 0.287 e. The highest BCUT2D eigenvalue weighted by molar-refractivity contribution is 5.91. The van der Waals surface area contributed by atoms with Crippen LogP contribution in [0.2, 0.25) is 0 Å². The number of aliphatic hydroxyl groups is 1. The molecule has 6 nitrogen and oxygen atoms in total. The number of carbonyl (C=O) groups excluding carboxylic acids is 1. The third kappa shape index (κ3) is 4.97. The van der Waals surface area contributed by atoms with Crippen LogP contribution in [0.1, 0.15) is 40.5 Å². The number of ether oxygens (including phenoxy) is 2. The average Bonchev–Trinajstić information content (AvgIpc) is 3.22. The van der Waals surface area contributed by atoms with E-state index >= 15 is 0 Å². The second-order valence-corrected chi connectivity index (χ2v) is 6.74. The topological polar surface area (TPSA) is 80.9 Å². The Morgan fingerprint density at radius 3 is 2.52 bits per heavy atom. The molecule has 2 aromatic carbocycles. The number of hydrogen-bond acceptors (Lipinski definition) is 5. The predicted molar refractivity (Wildman–Crippen MR) is 109 cm³/mol. The SMILES string of the molecule is COc1ccc(OC)c(Cc2ccc(C(=O)NC(C)C(O)c3ccccc3)o2)c1. The molecular weight excluding hydrogens is 370 g/mol. The molecule has 2 atom stereocenters. The summed E-state index contributed by atoms with van der Waals surface area (Å²) in [4.78, 5) is 12.5. The number of benzene rings is 2. The Balaban J connectivity index is 1.67. The van der Waals surface area contributed by atoms with E-state index in [-0.39, 0.29) is 11.7 Å². The first-order chi connectivity index (χ1) is 14.0. The van der Waals surface area contributed by atoms with E-state index < -0.39 is 12.1 Å². The molecule has 1 aromatic heterocycles. The van der Waals surface area contributed by atoms with Crippen molar-refractivity contribution in [1.29, 1.82) is 0 Å². The summed E-state index contributed by atoms with van der Waals surface area (Å²) in [5.74, 6) is 1.87. The van der Waals surface area contributed by atoms with Crippen LogP contribution in [0.5, 0.6) is 11.5 Å². The Kier molecular flexibility index (Phi) is 6.57. The first-order valence-corrected chi connectivity index (χ1v) is 9.35. The molecule has 0 aliphatic carbocycles. The highest BCUT2D eigenvalue weighted by atomic mass is 16.5. The summed E-state index contributed by atoms with van der Waals surface area (Å²) in [7, 11) is 3.21. The van der Waals surface area contributed by atoms with E-state index in [4.69, 9.17) is 13.9 Å². The zero-order valence-electron chi connectivity index (χ0n) is 16.7. The lowest BCUT2D eigenvalue weighted by Gasteiger charge is -2.20. The van der Waals surface area contributed by atoms with Gasteiger partial charge in [-0.15, -0.1) is 0 Å². The quantitative estimate of drug-likeness (QED) is 0.607. The minimum atomic E-state index is -0.810. The van der Waals surface area contributed by atoms with Crippen LogP contribution in [0.15, 0.2) is 65.1 Å². The molecule has 0 radical (unpaired) electrons. The van der Waals surface area contributed by atoms with E-state index in [2.05, 4.69) is 5.32 Å². The molecule has 3 aromatic rings. The van der Waals surface area contributed by atoms with Gasteiger partial charge in [-0.25, -0.2) is 0 Å². The Morgan fingerprint density at radius 2 is 1.83 bits per heavy atom. The van der Waals surface area contributed by atoms with E-state index in [1.54, 1.807) is 33.3 Å². The molecule has 0 bridgehead atoms. The van der Waals surface area contributed by atoms with Gasteiger partial charge in [-0.1, -0.05) is 30.3 Å². The van der Waals surface area contributed by atoms with Gasteiger partial charge in [0.1, 0.15) is 17.3 Å². The molecule has 2 unspecified atom stereocenters. The van der Waals surface area contributed by atoms with Crippen molar-refractivity contribution < 1.29 is 23.8 Å². The normalized spacial score (nSPS) is 12.8. The Morgan fingerprint density at radius 1 is 1.07 bits per heavy atom. The number of methoxy groups -OCH3 is 2. The molecule has 0 saturated carbocycles. The van der Waals surface area contributed by atoms with Gasteiger partial charge in [-0.05, 0) is 42.8 Å². The Bertz CT molecular complexity index is 951. The van der Waals surface area contributed by atoms with Gasteiger partial charge in [-0.3, -0.25) is 4.79 Å². The van der Waals surface area contributed by atoms with Gasteiger partial charge in [0.25, 0.3) is 5.91 Å². The van der Waals surface area contributed by atoms with Crippen molar-refractivity contribution in [2.45, 2.75) is 25.5 Å². The highest BCUT2D eigenvalue weighted by Gasteiger charge is 2.21. The molecule has 1 amide bonds. The van der Waals surface area contributed by atoms with E-state index in [9.17, 15) is 9.90 Å². The number of nitrogens with one attached hydrogen (secondary N) is 1. The standard InChI is InChI=1S/C23H25NO5/c1-15(22(25)16-7-5-4-6-8-16)24-23(26)21-12-10-19(29-21)14-17-13-18(27-2)9-11-20(17)28-3/h4-13,15,22,25H,14H2,1-3H3,(H,24,26). The van der Waals surface area contributed by atoms with Crippen molar-refractivity contribution in [3.8, 4) is 11.5 Å². The molecule has 152 valence electrons. The molecule has 0 spiro atoms. The number of furan rings is 1. The number of hydrogen-bond donors (Lipinski definition) is 2. The van der Waals surface area contributed by atoms with Crippen molar-refractivity contribution in [2.24, 2.45) is 0 Å². The van der Waals surface area contributed by atoms with Crippen LogP contribution in [0.25, 0.3) is 0 Å². The minimum Gasteiger partial charge on any atom is -0.497 e. The second-order valence-electron chi connectivity index (χ2n) is 6.74. The van der Waals surface area contributed by atoms with Gasteiger partial charge >= 0.3 is 0 Å². The number of amides is 1. The third-order valence-corrected chi connectivity index (χ3v) is 4.71. The molecule has 0 saturated heterocycles. The molecule has 0 aliphatic rings. The Hall–Kier alpha value is -3.25. The number of rotatable bonds is 8. The van der Waals surface area contributed by atoms with Crippen LogP contribution in [0, 0.1) is 0 Å². The van der Waals surface area contributed by atoms with Crippen LogP contribution in [0.4, 0.5) is 0 Å². The minimum absolute atomic E-state index is 0.189. The van der Waals surface area contributed by atoms with Crippen molar-refractivity contribution in [1.82, 2.24) is 5.32 Å². The van der Waals surface area contributed by atoms with Gasteiger partial charge in [-0.2, -0.15) is 0 Å². The van der Waals surface area contributed by atoms with Crippen LogP contribution in [-0.2, 0) is 6.42 Å². The Labute approximate surface area is 170 Å². The van der Waals surface area contributed by atoms with E-state index in [1.807, 2.05) is 48.5 Å². The largest absolute Gasteiger partial charge is 0.497 e. The summed E-state index contributed by atoms with van der Waals surface area (Å²) in [5, 5.41) is 13.2. The fourth-order valence-corrected chi connectivity index (χ4v) is 3.10. The van der Waals surface area contributed by atoms with Crippen LogP contribution in [0.3, 0.4) is 0 Å². The van der Waals surface area contributed by atoms with E-state index in [0.717, 1.165) is 11.1 Å². The molecule has 0 fully saturated rings. The zero-order valence-corrected chi connectivity index (χ0v) is 16.7. The van der Waals surface area contributed by atoms with E-state index in [1.165, 1.54) is 0 Å². The summed E-state index contributed by atoms with van der Waals surface area (Å²) in [6, 6.07) is 17.6. The van der Waals surface area contributed by atoms with Crippen molar-refractivity contribution in [3.63, 3.8) is 0 Å². The van der Waals surface area contributed by atoms with Gasteiger partial charge in [0.2, 0.25) is 0 Å². The lowest BCUT2D eigenvalue weighted by molar-refractivity contribution is 0.0824. The molecule has 0 aliphatic heterocycles. The van der Waals surface area contributed by atoms with Crippen LogP contribution < -0.4 is 14.8 Å². The summed E-state index contributed by atoms with van der Waals surface area (Å²) in [6.45, 7) is 1.75. The van der Waals surface area contributed by atoms with Crippen molar-refractivity contribution in [3.05, 3.63) is 83.3 Å². The highest BCUT2D eigenvalue weighted by Crippen LogP contribution is 2.27. The lowest BCUT2D eigenvalue weighted by atomic mass is 10.0.